The number of rotatable bonds is 5. The molecule has 0 amide bonds. The number of pyridine rings is 1. The van der Waals surface area contributed by atoms with Gasteiger partial charge >= 0.3 is 0 Å². The van der Waals surface area contributed by atoms with Crippen molar-refractivity contribution in [3.8, 4) is 0 Å². The molecule has 166 valence electrons. The van der Waals surface area contributed by atoms with Gasteiger partial charge in [-0.1, -0.05) is 0 Å². The first kappa shape index (κ1) is 20.9. The van der Waals surface area contributed by atoms with Crippen LogP contribution in [0.5, 0.6) is 0 Å². The molecule has 3 N–H and O–H groups in total. The molecule has 1 aliphatic heterocycles. The molecule has 0 saturated carbocycles. The van der Waals surface area contributed by atoms with Gasteiger partial charge < -0.3 is 15.1 Å². The largest absolute Gasteiger partial charge is 0.446 e. The number of hydrogen-bond acceptors (Lipinski definition) is 7. The molecule has 2 aromatic carbocycles. The van der Waals surface area contributed by atoms with E-state index in [9.17, 15) is 12.8 Å². The summed E-state index contributed by atoms with van der Waals surface area (Å²) in [6.07, 6.45) is 4.30. The highest BCUT2D eigenvalue weighted by atomic mass is 32.2. The zero-order valence-corrected chi connectivity index (χ0v) is 17.9. The lowest BCUT2D eigenvalue weighted by atomic mass is 10.1. The molecule has 0 bridgehead atoms. The minimum Gasteiger partial charge on any atom is -0.446 e. The van der Waals surface area contributed by atoms with E-state index in [0.29, 0.717) is 23.1 Å². The zero-order valence-electron chi connectivity index (χ0n) is 17.1. The molecule has 0 radical (unpaired) electrons. The third-order valence-electron chi connectivity index (χ3n) is 5.15. The van der Waals surface area contributed by atoms with Crippen molar-refractivity contribution >= 4 is 33.1 Å². The maximum atomic E-state index is 13.1. The van der Waals surface area contributed by atoms with Gasteiger partial charge in [0, 0.05) is 29.3 Å². The molecule has 0 saturated heterocycles. The summed E-state index contributed by atoms with van der Waals surface area (Å²) in [6.45, 7) is 0. The summed E-state index contributed by atoms with van der Waals surface area (Å²) in [6, 6.07) is 16.7. The number of nitrogens with zero attached hydrogens (tertiary/aromatic N) is 3. The average molecular weight is 463 g/mol. The van der Waals surface area contributed by atoms with Crippen LogP contribution in [0.3, 0.4) is 0 Å². The smallest absolute Gasteiger partial charge is 0.261 e. The van der Waals surface area contributed by atoms with Crippen LogP contribution >= 0.6 is 0 Å². The molecular formula is C23H18FN5O3S. The Morgan fingerprint density at radius 1 is 1.03 bits per heavy atom. The van der Waals surface area contributed by atoms with Crippen LogP contribution in [0.1, 0.15) is 17.3 Å². The van der Waals surface area contributed by atoms with E-state index >= 15 is 0 Å². The van der Waals surface area contributed by atoms with E-state index < -0.39 is 22.0 Å². The van der Waals surface area contributed by atoms with E-state index in [0.717, 1.165) is 23.3 Å². The second-order valence-electron chi connectivity index (χ2n) is 7.28. The second-order valence-corrected chi connectivity index (χ2v) is 8.96. The summed E-state index contributed by atoms with van der Waals surface area (Å²) < 4.78 is 46.3. The van der Waals surface area contributed by atoms with Crippen molar-refractivity contribution in [2.24, 2.45) is 10.7 Å². The number of hydrogen-bond donors (Lipinski definition) is 2. The third kappa shape index (κ3) is 3.97. The number of aliphatic imine (C=N–C) groups is 1. The molecule has 5 rings (SSSR count). The minimum absolute atomic E-state index is 0.0375. The lowest BCUT2D eigenvalue weighted by Gasteiger charge is -2.34. The van der Waals surface area contributed by atoms with Gasteiger partial charge in [-0.25, -0.2) is 12.8 Å². The van der Waals surface area contributed by atoms with E-state index in [1.807, 2.05) is 11.0 Å². The molecule has 8 nitrogen and oxygen atoms in total. The van der Waals surface area contributed by atoms with E-state index in [-0.39, 0.29) is 4.90 Å². The van der Waals surface area contributed by atoms with Gasteiger partial charge in [0.1, 0.15) is 17.8 Å². The van der Waals surface area contributed by atoms with Crippen LogP contribution in [0.2, 0.25) is 0 Å². The Bertz CT molecular complexity index is 1420. The highest BCUT2D eigenvalue weighted by Crippen LogP contribution is 2.37. The molecule has 3 heterocycles. The zero-order chi connectivity index (χ0) is 23.0. The number of anilines is 2. The highest BCUT2D eigenvalue weighted by molar-refractivity contribution is 7.92. The lowest BCUT2D eigenvalue weighted by Crippen LogP contribution is -2.42. The van der Waals surface area contributed by atoms with Crippen LogP contribution in [0, 0.1) is 5.82 Å². The Labute approximate surface area is 189 Å². The maximum absolute atomic E-state index is 13.1. The van der Waals surface area contributed by atoms with Gasteiger partial charge in [0.2, 0.25) is 5.88 Å². The van der Waals surface area contributed by atoms with Gasteiger partial charge in [0.05, 0.1) is 16.7 Å². The molecule has 33 heavy (non-hydrogen) atoms. The van der Waals surface area contributed by atoms with Crippen LogP contribution in [-0.2, 0) is 10.0 Å². The number of fused-ring (bicyclic) bond motifs is 1. The highest BCUT2D eigenvalue weighted by Gasteiger charge is 2.31. The van der Waals surface area contributed by atoms with E-state index in [2.05, 4.69) is 14.7 Å². The molecule has 1 unspecified atom stereocenters. The quantitative estimate of drug-likeness (QED) is 0.459. The van der Waals surface area contributed by atoms with Gasteiger partial charge in [-0.3, -0.25) is 9.71 Å². The van der Waals surface area contributed by atoms with Crippen molar-refractivity contribution < 1.29 is 17.2 Å². The Morgan fingerprint density at radius 3 is 2.48 bits per heavy atom. The Hall–Kier alpha value is -4.02. The SMILES string of the molecule is NC1c2ccoc2N=C(c2cccnc2)N1c1ccc(NS(=O)(=O)c2ccc(F)cc2)cc1. The molecule has 4 aromatic rings. The molecule has 0 fully saturated rings. The summed E-state index contributed by atoms with van der Waals surface area (Å²) in [5.74, 6) is 0.474. The molecule has 1 atom stereocenters. The predicted octanol–water partition coefficient (Wildman–Crippen LogP) is 4.17. The lowest BCUT2D eigenvalue weighted by molar-refractivity contribution is 0.565. The maximum Gasteiger partial charge on any atom is 0.261 e. The summed E-state index contributed by atoms with van der Waals surface area (Å²) >= 11 is 0. The third-order valence-corrected chi connectivity index (χ3v) is 6.55. The van der Waals surface area contributed by atoms with Crippen molar-refractivity contribution in [2.75, 3.05) is 9.62 Å². The second kappa shape index (κ2) is 8.15. The fourth-order valence-electron chi connectivity index (χ4n) is 3.55. The Balaban J connectivity index is 1.47. The monoisotopic (exact) mass is 463 g/mol. The number of nitrogens with one attached hydrogen (secondary N) is 1. The number of aromatic nitrogens is 1. The molecular weight excluding hydrogens is 445 g/mol. The fraction of sp³-hybridized carbons (Fsp3) is 0.0435. The first-order valence-corrected chi connectivity index (χ1v) is 11.4. The van der Waals surface area contributed by atoms with Gasteiger partial charge in [-0.15, -0.1) is 0 Å². The Kier molecular flexibility index (Phi) is 5.15. The van der Waals surface area contributed by atoms with Crippen molar-refractivity contribution in [3.63, 3.8) is 0 Å². The summed E-state index contributed by atoms with van der Waals surface area (Å²) in [4.78, 5) is 10.6. The number of furan rings is 1. The molecule has 0 aliphatic carbocycles. The number of benzene rings is 2. The van der Waals surface area contributed by atoms with Crippen molar-refractivity contribution in [1.82, 2.24) is 4.98 Å². The first-order valence-electron chi connectivity index (χ1n) is 9.92. The summed E-state index contributed by atoms with van der Waals surface area (Å²) in [5.41, 5.74) is 9.06. The van der Waals surface area contributed by atoms with Gasteiger partial charge in [0.25, 0.3) is 10.0 Å². The topological polar surface area (TPSA) is 114 Å². The summed E-state index contributed by atoms with van der Waals surface area (Å²) in [5, 5.41) is 0. The van der Waals surface area contributed by atoms with Crippen molar-refractivity contribution in [3.05, 3.63) is 102 Å². The van der Waals surface area contributed by atoms with Crippen molar-refractivity contribution in [2.45, 2.75) is 11.1 Å². The van der Waals surface area contributed by atoms with Crippen LogP contribution in [0.15, 0.2) is 99.7 Å². The molecule has 0 spiro atoms. The number of sulfonamides is 1. The fourth-order valence-corrected chi connectivity index (χ4v) is 4.61. The predicted molar refractivity (Wildman–Crippen MR) is 122 cm³/mol. The summed E-state index contributed by atoms with van der Waals surface area (Å²) in [7, 11) is -3.86. The molecule has 1 aliphatic rings. The molecule has 2 aromatic heterocycles. The normalized spacial score (nSPS) is 15.6. The van der Waals surface area contributed by atoms with E-state index in [1.54, 1.807) is 48.8 Å². The average Bonchev–Trinajstić information content (AvgIpc) is 3.30. The van der Waals surface area contributed by atoms with E-state index in [4.69, 9.17) is 10.2 Å². The number of nitrogens with two attached hydrogens (primary N) is 1. The van der Waals surface area contributed by atoms with Gasteiger partial charge in [0.15, 0.2) is 0 Å². The standard InChI is InChI=1S/C23H18FN5O3S/c24-16-3-9-19(10-4-16)33(30,31)28-17-5-7-18(8-6-17)29-21(25)20-11-13-32-23(20)27-22(29)15-2-1-12-26-14-15/h1-14,21,28H,25H2. The number of amidine groups is 1. The van der Waals surface area contributed by atoms with Gasteiger partial charge in [-0.2, -0.15) is 4.99 Å². The number of halogens is 1. The first-order chi connectivity index (χ1) is 15.9. The van der Waals surface area contributed by atoms with Crippen molar-refractivity contribution in [1.29, 1.82) is 0 Å². The molecule has 10 heteroatoms. The van der Waals surface area contributed by atoms with Crippen LogP contribution in [0.25, 0.3) is 0 Å². The minimum atomic E-state index is -3.86. The van der Waals surface area contributed by atoms with Gasteiger partial charge in [-0.05, 0) is 66.7 Å². The van der Waals surface area contributed by atoms with Crippen LogP contribution in [0.4, 0.5) is 21.6 Å². The van der Waals surface area contributed by atoms with Crippen LogP contribution in [-0.4, -0.2) is 19.2 Å². The van der Waals surface area contributed by atoms with Crippen LogP contribution < -0.4 is 15.4 Å². The Morgan fingerprint density at radius 2 is 1.79 bits per heavy atom. The van der Waals surface area contributed by atoms with E-state index in [1.165, 1.54) is 18.4 Å².